The van der Waals surface area contributed by atoms with Gasteiger partial charge in [-0.2, -0.15) is 4.98 Å². The number of amides is 1. The summed E-state index contributed by atoms with van der Waals surface area (Å²) in [4.78, 5) is 23.7. The van der Waals surface area contributed by atoms with Crippen LogP contribution in [0.4, 0.5) is 0 Å². The number of aromatic nitrogens is 4. The Morgan fingerprint density at radius 3 is 3.04 bits per heavy atom. The van der Waals surface area contributed by atoms with Crippen molar-refractivity contribution in [3.63, 3.8) is 0 Å². The zero-order valence-corrected chi connectivity index (χ0v) is 14.5. The molecule has 7 nitrogen and oxygen atoms in total. The molecule has 7 heteroatoms. The van der Waals surface area contributed by atoms with Crippen LogP contribution in [0.25, 0.3) is 5.65 Å². The van der Waals surface area contributed by atoms with Crippen LogP contribution < -0.4 is 0 Å². The molecule has 1 unspecified atom stereocenters. The minimum atomic E-state index is -0.0877. The van der Waals surface area contributed by atoms with Gasteiger partial charge in [0.1, 0.15) is 5.65 Å². The minimum Gasteiger partial charge on any atom is -0.339 e. The highest BCUT2D eigenvalue weighted by Gasteiger charge is 2.33. The molecular weight excluding hydrogens is 318 g/mol. The summed E-state index contributed by atoms with van der Waals surface area (Å²) in [5.74, 6) is 1.30. The number of carbonyl (C=O) groups excluding carboxylic acids is 1. The van der Waals surface area contributed by atoms with Crippen molar-refractivity contribution in [1.29, 1.82) is 0 Å². The highest BCUT2D eigenvalue weighted by atomic mass is 16.5. The lowest BCUT2D eigenvalue weighted by molar-refractivity contribution is -0.131. The van der Waals surface area contributed by atoms with Gasteiger partial charge in [-0.05, 0) is 31.4 Å². The van der Waals surface area contributed by atoms with Crippen molar-refractivity contribution in [3.8, 4) is 0 Å². The largest absolute Gasteiger partial charge is 0.339 e. The number of hydrogen-bond acceptors (Lipinski definition) is 5. The van der Waals surface area contributed by atoms with Crippen LogP contribution >= 0.6 is 0 Å². The van der Waals surface area contributed by atoms with E-state index in [1.54, 1.807) is 0 Å². The second-order valence-electron chi connectivity index (χ2n) is 6.48. The maximum atomic E-state index is 12.8. The topological polar surface area (TPSA) is 76.5 Å². The number of nitrogens with zero attached hydrogens (tertiary/aromatic N) is 5. The van der Waals surface area contributed by atoms with Gasteiger partial charge in [0.25, 0.3) is 0 Å². The van der Waals surface area contributed by atoms with Gasteiger partial charge in [-0.1, -0.05) is 18.1 Å². The Morgan fingerprint density at radius 1 is 1.40 bits per heavy atom. The monoisotopic (exact) mass is 339 g/mol. The molecule has 3 aromatic rings. The average Bonchev–Trinajstić information content (AvgIpc) is 3.33. The highest BCUT2D eigenvalue weighted by Crippen LogP contribution is 2.30. The molecule has 1 atom stereocenters. The van der Waals surface area contributed by atoms with E-state index in [1.165, 1.54) is 0 Å². The van der Waals surface area contributed by atoms with Crippen LogP contribution in [0.2, 0.25) is 0 Å². The molecule has 0 bridgehead atoms. The Morgan fingerprint density at radius 2 is 2.28 bits per heavy atom. The lowest BCUT2D eigenvalue weighted by atomic mass is 10.2. The molecule has 0 radical (unpaired) electrons. The number of imidazole rings is 1. The van der Waals surface area contributed by atoms with Crippen LogP contribution in [0.15, 0.2) is 29.0 Å². The number of aryl methyl sites for hydroxylation is 2. The first-order valence-electron chi connectivity index (χ1n) is 8.71. The summed E-state index contributed by atoms with van der Waals surface area (Å²) in [5.41, 5.74) is 2.78. The van der Waals surface area contributed by atoms with E-state index in [1.807, 2.05) is 47.7 Å². The van der Waals surface area contributed by atoms with E-state index < -0.39 is 0 Å². The summed E-state index contributed by atoms with van der Waals surface area (Å²) >= 11 is 0. The fourth-order valence-corrected chi connectivity index (χ4v) is 3.43. The Kier molecular flexibility index (Phi) is 3.99. The molecule has 1 fully saturated rings. The smallest absolute Gasteiger partial charge is 0.229 e. The third-order valence-electron chi connectivity index (χ3n) is 4.72. The average molecular weight is 339 g/mol. The second-order valence-corrected chi connectivity index (χ2v) is 6.48. The highest BCUT2D eigenvalue weighted by molar-refractivity contribution is 5.79. The van der Waals surface area contributed by atoms with Gasteiger partial charge in [0.2, 0.25) is 11.8 Å². The molecule has 4 heterocycles. The van der Waals surface area contributed by atoms with Gasteiger partial charge in [-0.25, -0.2) is 4.98 Å². The minimum absolute atomic E-state index is 0.0615. The van der Waals surface area contributed by atoms with Crippen LogP contribution in [0.3, 0.4) is 0 Å². The van der Waals surface area contributed by atoms with Crippen LogP contribution in [0.5, 0.6) is 0 Å². The molecule has 1 aliphatic rings. The summed E-state index contributed by atoms with van der Waals surface area (Å²) in [6.45, 7) is 4.72. The SMILES string of the molecule is CCc1nc(C2CCCN2C(=O)Cc2cn3cccc(C)c3n2)no1. The molecule has 0 spiro atoms. The quantitative estimate of drug-likeness (QED) is 0.730. The molecule has 0 aromatic carbocycles. The van der Waals surface area contributed by atoms with Gasteiger partial charge in [0.15, 0.2) is 5.82 Å². The first-order chi connectivity index (χ1) is 12.2. The van der Waals surface area contributed by atoms with Crippen molar-refractivity contribution in [2.75, 3.05) is 6.54 Å². The van der Waals surface area contributed by atoms with Crippen LogP contribution in [0, 0.1) is 6.92 Å². The van der Waals surface area contributed by atoms with Gasteiger partial charge in [-0.3, -0.25) is 4.79 Å². The number of fused-ring (bicyclic) bond motifs is 1. The van der Waals surface area contributed by atoms with E-state index in [-0.39, 0.29) is 18.4 Å². The molecule has 0 saturated carbocycles. The van der Waals surface area contributed by atoms with Crippen LogP contribution in [-0.4, -0.2) is 36.9 Å². The first kappa shape index (κ1) is 15.8. The van der Waals surface area contributed by atoms with Crippen molar-refractivity contribution in [3.05, 3.63) is 47.5 Å². The van der Waals surface area contributed by atoms with Gasteiger partial charge >= 0.3 is 0 Å². The fourth-order valence-electron chi connectivity index (χ4n) is 3.43. The summed E-state index contributed by atoms with van der Waals surface area (Å²) < 4.78 is 7.18. The predicted molar refractivity (Wildman–Crippen MR) is 91.0 cm³/mol. The molecule has 3 aromatic heterocycles. The molecule has 1 saturated heterocycles. The molecular formula is C18H21N5O2. The van der Waals surface area contributed by atoms with Gasteiger partial charge in [-0.15, -0.1) is 0 Å². The lowest BCUT2D eigenvalue weighted by Gasteiger charge is -2.21. The van der Waals surface area contributed by atoms with Crippen molar-refractivity contribution in [1.82, 2.24) is 24.4 Å². The zero-order chi connectivity index (χ0) is 17.4. The van der Waals surface area contributed by atoms with E-state index in [0.717, 1.165) is 36.3 Å². The van der Waals surface area contributed by atoms with Crippen LogP contribution in [0.1, 0.15) is 48.8 Å². The third-order valence-corrected chi connectivity index (χ3v) is 4.72. The van der Waals surface area contributed by atoms with E-state index in [9.17, 15) is 4.79 Å². The van der Waals surface area contributed by atoms with Gasteiger partial charge < -0.3 is 13.8 Å². The lowest BCUT2D eigenvalue weighted by Crippen LogP contribution is -2.32. The van der Waals surface area contributed by atoms with E-state index in [4.69, 9.17) is 4.52 Å². The van der Waals surface area contributed by atoms with Crippen molar-refractivity contribution in [2.45, 2.75) is 45.6 Å². The standard InChI is InChI=1S/C18H21N5O2/c1-3-15-20-17(21-25-15)14-7-5-9-23(14)16(24)10-13-11-22-8-4-6-12(2)18(22)19-13/h4,6,8,11,14H,3,5,7,9-10H2,1-2H3. The number of rotatable bonds is 4. The predicted octanol–water partition coefficient (Wildman–Crippen LogP) is 2.49. The molecule has 1 aliphatic heterocycles. The van der Waals surface area contributed by atoms with Crippen molar-refractivity contribution >= 4 is 11.6 Å². The zero-order valence-electron chi connectivity index (χ0n) is 14.5. The fraction of sp³-hybridized carbons (Fsp3) is 0.444. The van der Waals surface area contributed by atoms with Crippen molar-refractivity contribution < 1.29 is 9.32 Å². The van der Waals surface area contributed by atoms with Gasteiger partial charge in [0, 0.05) is 25.4 Å². The maximum Gasteiger partial charge on any atom is 0.229 e. The van der Waals surface area contributed by atoms with E-state index in [2.05, 4.69) is 15.1 Å². The summed E-state index contributed by atoms with van der Waals surface area (Å²) in [6.07, 6.45) is 6.70. The second kappa shape index (κ2) is 6.31. The first-order valence-corrected chi connectivity index (χ1v) is 8.71. The molecule has 130 valence electrons. The van der Waals surface area contributed by atoms with Gasteiger partial charge in [0.05, 0.1) is 18.2 Å². The molecule has 0 N–H and O–H groups in total. The molecule has 4 rings (SSSR count). The van der Waals surface area contributed by atoms with Crippen LogP contribution in [-0.2, 0) is 17.6 Å². The molecule has 0 aliphatic carbocycles. The maximum absolute atomic E-state index is 12.8. The normalized spacial score (nSPS) is 17.5. The Balaban J connectivity index is 1.53. The Labute approximate surface area is 145 Å². The third kappa shape index (κ3) is 2.90. The number of hydrogen-bond donors (Lipinski definition) is 0. The molecule has 1 amide bonds. The number of carbonyl (C=O) groups is 1. The number of pyridine rings is 1. The van der Waals surface area contributed by atoms with E-state index in [0.29, 0.717) is 18.1 Å². The van der Waals surface area contributed by atoms with Crippen molar-refractivity contribution in [2.24, 2.45) is 0 Å². The summed E-state index contributed by atoms with van der Waals surface area (Å²) in [6, 6.07) is 3.91. The Bertz CT molecular complexity index is 913. The number of likely N-dealkylation sites (tertiary alicyclic amines) is 1. The van der Waals surface area contributed by atoms with E-state index >= 15 is 0 Å². The summed E-state index contributed by atoms with van der Waals surface area (Å²) in [7, 11) is 0. The summed E-state index contributed by atoms with van der Waals surface area (Å²) in [5, 5.41) is 4.06. The Hall–Kier alpha value is -2.70. The molecule has 25 heavy (non-hydrogen) atoms.